The summed E-state index contributed by atoms with van der Waals surface area (Å²) in [6.07, 6.45) is 3.78. The number of hydrogen-bond donors (Lipinski definition) is 1. The molecule has 3 aromatic rings. The lowest BCUT2D eigenvalue weighted by Gasteiger charge is -2.23. The van der Waals surface area contributed by atoms with Crippen LogP contribution in [-0.2, 0) is 0 Å². The average Bonchev–Trinajstić information content (AvgIpc) is 3.43. The first kappa shape index (κ1) is 19.3. The highest BCUT2D eigenvalue weighted by molar-refractivity contribution is 7.15. The van der Waals surface area contributed by atoms with Gasteiger partial charge in [0.1, 0.15) is 5.01 Å². The third kappa shape index (κ3) is 4.05. The number of aromatic nitrogens is 1. The molecule has 0 radical (unpaired) electrons. The third-order valence-electron chi connectivity index (χ3n) is 5.02. The van der Waals surface area contributed by atoms with Crippen LogP contribution in [0.2, 0.25) is 0 Å². The molecule has 1 aromatic heterocycles. The number of thiazole rings is 1. The predicted octanol–water partition coefficient (Wildman–Crippen LogP) is 5.20. The fourth-order valence-electron chi connectivity index (χ4n) is 3.55. The highest BCUT2D eigenvalue weighted by atomic mass is 32.1. The minimum atomic E-state index is -0.129. The molecule has 1 aliphatic heterocycles. The van der Waals surface area contributed by atoms with E-state index in [0.29, 0.717) is 23.7 Å². The van der Waals surface area contributed by atoms with Gasteiger partial charge >= 0.3 is 6.03 Å². The van der Waals surface area contributed by atoms with Crippen LogP contribution >= 0.6 is 11.3 Å². The molecule has 1 atom stereocenters. The quantitative estimate of drug-likeness (QED) is 0.629. The Hall–Kier alpha value is -3.06. The molecular weight excluding hydrogens is 386 g/mol. The highest BCUT2D eigenvalue weighted by Crippen LogP contribution is 2.37. The maximum absolute atomic E-state index is 12.9. The summed E-state index contributed by atoms with van der Waals surface area (Å²) in [4.78, 5) is 20.6. The van der Waals surface area contributed by atoms with Gasteiger partial charge in [-0.05, 0) is 30.5 Å². The van der Waals surface area contributed by atoms with Crippen LogP contribution in [0.1, 0.15) is 23.9 Å². The molecule has 0 aliphatic carbocycles. The predicted molar refractivity (Wildman–Crippen MR) is 115 cm³/mol. The number of carbonyl (C=O) groups excluding carboxylic acids is 1. The summed E-state index contributed by atoms with van der Waals surface area (Å²) in [5.41, 5.74) is 1.82. The lowest BCUT2D eigenvalue weighted by molar-refractivity contribution is 0.207. The second-order valence-corrected chi connectivity index (χ2v) is 7.84. The molecule has 2 amide bonds. The standard InChI is InChI=1S/C22H23N3O3S/c1-27-18-11-10-16(13-19(18)28-2)24-22(26)25-12-6-9-17(25)21-23-14-20(29-21)15-7-4-3-5-8-15/h3-5,7-8,10-11,13-14,17H,6,9,12H2,1-2H3,(H,24,26). The van der Waals surface area contributed by atoms with Crippen LogP contribution in [0, 0.1) is 0 Å². The van der Waals surface area contributed by atoms with Crippen molar-refractivity contribution in [1.82, 2.24) is 9.88 Å². The molecule has 0 spiro atoms. The maximum Gasteiger partial charge on any atom is 0.322 e. The molecule has 1 saturated heterocycles. The summed E-state index contributed by atoms with van der Waals surface area (Å²) in [5.74, 6) is 1.21. The molecule has 1 aliphatic rings. The minimum Gasteiger partial charge on any atom is -0.493 e. The van der Waals surface area contributed by atoms with Gasteiger partial charge in [0.25, 0.3) is 0 Å². The Bertz CT molecular complexity index is 990. The fourth-order valence-corrected chi connectivity index (χ4v) is 4.62. The van der Waals surface area contributed by atoms with Crippen molar-refractivity contribution in [3.8, 4) is 21.9 Å². The summed E-state index contributed by atoms with van der Waals surface area (Å²) in [7, 11) is 3.16. The number of urea groups is 1. The Labute approximate surface area is 174 Å². The number of carbonyl (C=O) groups is 1. The van der Waals surface area contributed by atoms with E-state index < -0.39 is 0 Å². The Morgan fingerprint density at radius 2 is 1.93 bits per heavy atom. The van der Waals surface area contributed by atoms with E-state index in [-0.39, 0.29) is 12.1 Å². The van der Waals surface area contributed by atoms with Crippen LogP contribution in [0.5, 0.6) is 11.5 Å². The van der Waals surface area contributed by atoms with Crippen LogP contribution < -0.4 is 14.8 Å². The molecule has 2 aromatic carbocycles. The average molecular weight is 410 g/mol. The monoisotopic (exact) mass is 409 g/mol. The number of rotatable bonds is 5. The Morgan fingerprint density at radius 3 is 2.69 bits per heavy atom. The van der Waals surface area contributed by atoms with Crippen molar-refractivity contribution >= 4 is 23.1 Å². The smallest absolute Gasteiger partial charge is 0.322 e. The number of benzene rings is 2. The summed E-state index contributed by atoms with van der Waals surface area (Å²) < 4.78 is 10.6. The molecule has 4 rings (SSSR count). The molecule has 1 fully saturated rings. The van der Waals surface area contributed by atoms with Gasteiger partial charge in [-0.2, -0.15) is 0 Å². The van der Waals surface area contributed by atoms with Gasteiger partial charge in [-0.3, -0.25) is 0 Å². The van der Waals surface area contributed by atoms with Crippen LogP contribution in [0.15, 0.2) is 54.7 Å². The molecule has 7 heteroatoms. The molecule has 1 unspecified atom stereocenters. The molecule has 1 N–H and O–H groups in total. The van der Waals surface area contributed by atoms with Gasteiger partial charge in [-0.15, -0.1) is 11.3 Å². The number of likely N-dealkylation sites (tertiary alicyclic amines) is 1. The molecular formula is C22H23N3O3S. The fraction of sp³-hybridized carbons (Fsp3) is 0.273. The van der Waals surface area contributed by atoms with Crippen LogP contribution in [-0.4, -0.2) is 36.7 Å². The number of methoxy groups -OCH3 is 2. The van der Waals surface area contributed by atoms with Crippen LogP contribution in [0.4, 0.5) is 10.5 Å². The van der Waals surface area contributed by atoms with Gasteiger partial charge < -0.3 is 19.7 Å². The van der Waals surface area contributed by atoms with E-state index in [9.17, 15) is 4.79 Å². The summed E-state index contributed by atoms with van der Waals surface area (Å²) in [5, 5.41) is 3.95. The highest BCUT2D eigenvalue weighted by Gasteiger charge is 2.32. The van der Waals surface area contributed by atoms with Gasteiger partial charge in [0.15, 0.2) is 11.5 Å². The van der Waals surface area contributed by atoms with Crippen molar-refractivity contribution in [2.24, 2.45) is 0 Å². The molecule has 150 valence electrons. The van der Waals surface area contributed by atoms with Gasteiger partial charge in [0.2, 0.25) is 0 Å². The van der Waals surface area contributed by atoms with E-state index in [1.807, 2.05) is 29.3 Å². The Balaban J connectivity index is 1.50. The van der Waals surface area contributed by atoms with Crippen molar-refractivity contribution in [3.63, 3.8) is 0 Å². The van der Waals surface area contributed by atoms with Crippen LogP contribution in [0.25, 0.3) is 10.4 Å². The first-order chi connectivity index (χ1) is 14.2. The first-order valence-corrected chi connectivity index (χ1v) is 10.3. The maximum atomic E-state index is 12.9. The summed E-state index contributed by atoms with van der Waals surface area (Å²) in [6.45, 7) is 0.712. The first-order valence-electron chi connectivity index (χ1n) is 9.50. The number of anilines is 1. The van der Waals surface area contributed by atoms with Crippen molar-refractivity contribution in [2.75, 3.05) is 26.1 Å². The van der Waals surface area contributed by atoms with Crippen molar-refractivity contribution < 1.29 is 14.3 Å². The number of amides is 2. The number of hydrogen-bond acceptors (Lipinski definition) is 5. The molecule has 6 nitrogen and oxygen atoms in total. The van der Waals surface area contributed by atoms with E-state index >= 15 is 0 Å². The zero-order chi connectivity index (χ0) is 20.2. The minimum absolute atomic E-state index is 0.00222. The number of nitrogens with zero attached hydrogens (tertiary/aromatic N) is 2. The topological polar surface area (TPSA) is 63.7 Å². The van der Waals surface area contributed by atoms with Crippen molar-refractivity contribution in [2.45, 2.75) is 18.9 Å². The normalized spacial score (nSPS) is 15.9. The van der Waals surface area contributed by atoms with Gasteiger partial charge in [0, 0.05) is 24.5 Å². The second-order valence-electron chi connectivity index (χ2n) is 6.78. The lowest BCUT2D eigenvalue weighted by atomic mass is 10.2. The Morgan fingerprint density at radius 1 is 1.14 bits per heavy atom. The zero-order valence-electron chi connectivity index (χ0n) is 16.4. The lowest BCUT2D eigenvalue weighted by Crippen LogP contribution is -2.34. The molecule has 29 heavy (non-hydrogen) atoms. The van der Waals surface area contributed by atoms with Crippen LogP contribution in [0.3, 0.4) is 0 Å². The van der Waals surface area contributed by atoms with Crippen molar-refractivity contribution in [1.29, 1.82) is 0 Å². The molecule has 0 bridgehead atoms. The molecule has 0 saturated carbocycles. The van der Waals surface area contributed by atoms with E-state index in [1.54, 1.807) is 43.8 Å². The summed E-state index contributed by atoms with van der Waals surface area (Å²) in [6, 6.07) is 15.4. The number of ether oxygens (including phenoxy) is 2. The largest absolute Gasteiger partial charge is 0.493 e. The number of nitrogens with one attached hydrogen (secondary N) is 1. The van der Waals surface area contributed by atoms with E-state index in [0.717, 1.165) is 28.3 Å². The third-order valence-corrected chi connectivity index (χ3v) is 6.16. The van der Waals surface area contributed by atoms with Gasteiger partial charge in [0.05, 0.1) is 25.1 Å². The summed E-state index contributed by atoms with van der Waals surface area (Å²) >= 11 is 1.65. The molecule has 2 heterocycles. The van der Waals surface area contributed by atoms with Gasteiger partial charge in [-0.1, -0.05) is 30.3 Å². The second kappa shape index (κ2) is 8.53. The van der Waals surface area contributed by atoms with Crippen molar-refractivity contribution in [3.05, 3.63) is 59.7 Å². The SMILES string of the molecule is COc1ccc(NC(=O)N2CCCC2c2ncc(-c3ccccc3)s2)cc1OC. The Kier molecular flexibility index (Phi) is 5.67. The zero-order valence-corrected chi connectivity index (χ0v) is 17.2. The van der Waals surface area contributed by atoms with E-state index in [1.165, 1.54) is 0 Å². The van der Waals surface area contributed by atoms with Gasteiger partial charge in [-0.25, -0.2) is 9.78 Å². The van der Waals surface area contributed by atoms with E-state index in [2.05, 4.69) is 22.4 Å². The van der Waals surface area contributed by atoms with E-state index in [4.69, 9.17) is 9.47 Å².